The summed E-state index contributed by atoms with van der Waals surface area (Å²) in [4.78, 5) is 9.06. The summed E-state index contributed by atoms with van der Waals surface area (Å²) >= 11 is 0. The average Bonchev–Trinajstić information content (AvgIpc) is 3.07. The molecule has 0 unspecified atom stereocenters. The van der Waals surface area contributed by atoms with Gasteiger partial charge < -0.3 is 0 Å². The first kappa shape index (κ1) is 24.9. The topological polar surface area (TPSA) is 73.4 Å². The molecule has 0 aliphatic rings. The van der Waals surface area contributed by atoms with Crippen molar-refractivity contribution < 1.29 is 0 Å². The van der Waals surface area contributed by atoms with Crippen LogP contribution in [0.5, 0.6) is 0 Å². The largest absolute Gasteiger partial charge is 0.255 e. The van der Waals surface area contributed by atoms with Crippen LogP contribution in [0.2, 0.25) is 0 Å². The number of hydrogen-bond acceptors (Lipinski definition) is 4. The Morgan fingerprint density at radius 2 is 0.786 bits per heavy atom. The molecule has 0 amide bonds. The Bertz CT molecular complexity index is 1980. The van der Waals surface area contributed by atoms with E-state index in [2.05, 4.69) is 119 Å². The Labute approximate surface area is 243 Å². The molecule has 2 heterocycles. The maximum absolute atomic E-state index is 9.19. The minimum atomic E-state index is 0.543. The summed E-state index contributed by atoms with van der Waals surface area (Å²) in [6.07, 6.45) is 3.23. The van der Waals surface area contributed by atoms with Gasteiger partial charge >= 0.3 is 0 Å². The van der Waals surface area contributed by atoms with E-state index in [4.69, 9.17) is 0 Å². The summed E-state index contributed by atoms with van der Waals surface area (Å²) in [5, 5.41) is 23.0. The summed E-state index contributed by atoms with van der Waals surface area (Å²) in [6, 6.07) is 45.7. The predicted molar refractivity (Wildman–Crippen MR) is 168 cm³/mol. The zero-order chi connectivity index (χ0) is 28.5. The van der Waals surface area contributed by atoms with Gasteiger partial charge in [0.25, 0.3) is 0 Å². The third-order valence-corrected chi connectivity index (χ3v) is 7.61. The van der Waals surface area contributed by atoms with Crippen molar-refractivity contribution in [1.82, 2.24) is 9.97 Å². The summed E-state index contributed by atoms with van der Waals surface area (Å²) in [6.45, 7) is 0. The molecule has 2 aromatic heterocycles. The van der Waals surface area contributed by atoms with Crippen molar-refractivity contribution in [1.29, 1.82) is 10.5 Å². The maximum atomic E-state index is 9.19. The van der Waals surface area contributed by atoms with Gasteiger partial charge in [0.1, 0.15) is 12.1 Å². The number of rotatable bonds is 4. The molecule has 0 N–H and O–H groups in total. The number of benzene rings is 5. The van der Waals surface area contributed by atoms with E-state index in [0.717, 1.165) is 55.2 Å². The molecule has 0 fully saturated rings. The molecule has 4 heteroatoms. The first-order valence-corrected chi connectivity index (χ1v) is 13.6. The minimum Gasteiger partial charge on any atom is -0.255 e. The van der Waals surface area contributed by atoms with Crippen LogP contribution in [0.25, 0.3) is 66.3 Å². The average molecular weight is 535 g/mol. The van der Waals surface area contributed by atoms with Gasteiger partial charge in [0, 0.05) is 23.5 Å². The summed E-state index contributed by atoms with van der Waals surface area (Å²) in [7, 11) is 0. The molecule has 0 aliphatic heterocycles. The van der Waals surface area contributed by atoms with Gasteiger partial charge in [0.05, 0.1) is 22.5 Å². The van der Waals surface area contributed by atoms with Crippen LogP contribution in [0.4, 0.5) is 0 Å². The van der Waals surface area contributed by atoms with E-state index in [1.807, 2.05) is 12.1 Å². The number of nitriles is 2. The van der Waals surface area contributed by atoms with Crippen molar-refractivity contribution in [2.45, 2.75) is 0 Å². The van der Waals surface area contributed by atoms with Crippen LogP contribution in [0.3, 0.4) is 0 Å². The van der Waals surface area contributed by atoms with Crippen molar-refractivity contribution in [3.63, 3.8) is 0 Å². The lowest BCUT2D eigenvalue weighted by Gasteiger charge is -2.18. The van der Waals surface area contributed by atoms with Gasteiger partial charge in [-0.1, -0.05) is 84.9 Å². The second kappa shape index (κ2) is 10.5. The molecule has 4 nitrogen and oxygen atoms in total. The fourth-order valence-corrected chi connectivity index (χ4v) is 5.68. The lowest BCUT2D eigenvalue weighted by atomic mass is 9.85. The minimum absolute atomic E-state index is 0.543. The molecular weight excluding hydrogens is 512 g/mol. The van der Waals surface area contributed by atoms with Gasteiger partial charge in [0.2, 0.25) is 0 Å². The molecule has 0 aliphatic carbocycles. The van der Waals surface area contributed by atoms with E-state index < -0.39 is 0 Å². The highest BCUT2D eigenvalue weighted by atomic mass is 14.7. The second-order valence-electron chi connectivity index (χ2n) is 10.1. The Kier molecular flexibility index (Phi) is 6.21. The Hall–Kier alpha value is -6.10. The van der Waals surface area contributed by atoms with Crippen LogP contribution in [0.15, 0.2) is 134 Å². The Balaban J connectivity index is 1.45. The summed E-state index contributed by atoms with van der Waals surface area (Å²) < 4.78 is 0. The van der Waals surface area contributed by atoms with Gasteiger partial charge in [0.15, 0.2) is 0 Å². The van der Waals surface area contributed by atoms with Crippen molar-refractivity contribution in [3.05, 3.63) is 145 Å². The highest BCUT2D eigenvalue weighted by molar-refractivity contribution is 6.21. The first-order valence-electron chi connectivity index (χ1n) is 13.6. The maximum Gasteiger partial charge on any atom is 0.101 e. The van der Waals surface area contributed by atoms with Crippen LogP contribution in [-0.4, -0.2) is 9.97 Å². The summed E-state index contributed by atoms with van der Waals surface area (Å²) in [5.41, 5.74) is 9.29. The quantitative estimate of drug-likeness (QED) is 0.211. The van der Waals surface area contributed by atoms with E-state index >= 15 is 0 Å². The molecule has 194 valence electrons. The predicted octanol–water partition coefficient (Wildman–Crippen LogP) is 9.19. The van der Waals surface area contributed by atoms with Gasteiger partial charge in [-0.05, 0) is 80.2 Å². The Morgan fingerprint density at radius 3 is 1.12 bits per heavy atom. The molecule has 0 spiro atoms. The second-order valence-corrected chi connectivity index (χ2v) is 10.1. The van der Waals surface area contributed by atoms with Crippen molar-refractivity contribution in [3.8, 4) is 56.9 Å². The van der Waals surface area contributed by atoms with Gasteiger partial charge in [-0.25, -0.2) is 0 Å². The molecule has 0 radical (unpaired) electrons. The fraction of sp³-hybridized carbons (Fsp3) is 0. The Morgan fingerprint density at radius 1 is 0.405 bits per heavy atom. The molecule has 5 aromatic carbocycles. The van der Waals surface area contributed by atoms with Crippen LogP contribution in [-0.2, 0) is 0 Å². The number of fused-ring (bicyclic) bond motifs is 2. The zero-order valence-electron chi connectivity index (χ0n) is 22.5. The molecule has 0 saturated carbocycles. The normalized spacial score (nSPS) is 10.8. The van der Waals surface area contributed by atoms with E-state index in [9.17, 15) is 10.5 Å². The smallest absolute Gasteiger partial charge is 0.101 e. The third kappa shape index (κ3) is 4.34. The van der Waals surface area contributed by atoms with Gasteiger partial charge in [-0.3, -0.25) is 9.97 Å². The van der Waals surface area contributed by atoms with Gasteiger partial charge in [-0.2, -0.15) is 10.5 Å². The van der Waals surface area contributed by atoms with Crippen molar-refractivity contribution in [2.24, 2.45) is 0 Å². The SMILES string of the molecule is N#Cc1ccc(-c2cccc(-c3c4ccccc4c(-c4cccc(-c5ccc(C#N)cn5)c4)c4ccccc34)c2)nc1. The number of aromatic nitrogens is 2. The standard InChI is InChI=1S/C38H22N4/c39-21-25-15-17-35(41-23-25)27-7-5-9-29(19-27)37-31-11-1-2-12-32(31)38(34-14-4-3-13-33(34)37)30-10-6-8-28(20-30)36-18-16-26(22-40)24-42-36/h1-20,23-24H. The highest BCUT2D eigenvalue weighted by Crippen LogP contribution is 2.44. The number of pyridine rings is 2. The van der Waals surface area contributed by atoms with Crippen LogP contribution >= 0.6 is 0 Å². The molecule has 0 atom stereocenters. The number of nitrogens with zero attached hydrogens (tertiary/aromatic N) is 4. The lowest BCUT2D eigenvalue weighted by Crippen LogP contribution is -1.92. The van der Waals surface area contributed by atoms with Crippen LogP contribution < -0.4 is 0 Å². The monoisotopic (exact) mass is 534 g/mol. The molecule has 0 bridgehead atoms. The van der Waals surface area contributed by atoms with E-state index in [1.165, 1.54) is 11.1 Å². The van der Waals surface area contributed by atoms with E-state index in [1.54, 1.807) is 24.5 Å². The fourth-order valence-electron chi connectivity index (χ4n) is 5.68. The van der Waals surface area contributed by atoms with Crippen molar-refractivity contribution >= 4 is 21.5 Å². The highest BCUT2D eigenvalue weighted by Gasteiger charge is 2.17. The third-order valence-electron chi connectivity index (χ3n) is 7.61. The molecular formula is C38H22N4. The van der Waals surface area contributed by atoms with E-state index in [0.29, 0.717) is 11.1 Å². The molecule has 7 rings (SSSR count). The van der Waals surface area contributed by atoms with Crippen molar-refractivity contribution in [2.75, 3.05) is 0 Å². The van der Waals surface area contributed by atoms with Crippen LogP contribution in [0.1, 0.15) is 11.1 Å². The lowest BCUT2D eigenvalue weighted by molar-refractivity contribution is 1.30. The molecule has 42 heavy (non-hydrogen) atoms. The van der Waals surface area contributed by atoms with E-state index in [-0.39, 0.29) is 0 Å². The van der Waals surface area contributed by atoms with Crippen LogP contribution in [0, 0.1) is 22.7 Å². The number of hydrogen-bond donors (Lipinski definition) is 0. The molecule has 7 aromatic rings. The van der Waals surface area contributed by atoms with Gasteiger partial charge in [-0.15, -0.1) is 0 Å². The zero-order valence-corrected chi connectivity index (χ0v) is 22.5. The molecule has 0 saturated heterocycles. The first-order chi connectivity index (χ1) is 20.7. The summed E-state index contributed by atoms with van der Waals surface area (Å²) in [5.74, 6) is 0.